The van der Waals surface area contributed by atoms with Gasteiger partial charge in [-0.1, -0.05) is 11.6 Å². The smallest absolute Gasteiger partial charge is 0.341 e. The van der Waals surface area contributed by atoms with Gasteiger partial charge in [-0.2, -0.15) is 0 Å². The lowest BCUT2D eigenvalue weighted by molar-refractivity contribution is 0.0694. The molecule has 1 saturated heterocycles. The van der Waals surface area contributed by atoms with E-state index in [0.29, 0.717) is 36.5 Å². The number of nitrogens with two attached hydrogens (primary N) is 1. The summed E-state index contributed by atoms with van der Waals surface area (Å²) in [7, 11) is 0. The van der Waals surface area contributed by atoms with Crippen molar-refractivity contribution >= 4 is 22.6 Å². The fraction of sp³-hybridized carbons (Fsp3) is 0.400. The number of pyridine rings is 1. The fourth-order valence-electron chi connectivity index (χ4n) is 3.58. The molecule has 1 fully saturated rings. The highest BCUT2D eigenvalue weighted by atomic mass is 19.1. The highest BCUT2D eigenvalue weighted by molar-refractivity contribution is 5.95. The molecule has 1 aromatic carbocycles. The van der Waals surface area contributed by atoms with Gasteiger partial charge in [0.05, 0.1) is 11.2 Å². The van der Waals surface area contributed by atoms with Gasteiger partial charge in [0.25, 0.3) is 0 Å². The minimum absolute atomic E-state index is 0.0101. The van der Waals surface area contributed by atoms with Crippen LogP contribution in [0.4, 0.5) is 10.1 Å². The standard InChI is InChI=1S/C20H24FN3O3/c1-11(2)4-7-24-12(3)18(20(26)27)19(25)14-8-15(21)17(9-16(14)24)23-6-5-13(22)10-23/h4,8-9,13H,5-7,10,22H2,1-3H3,(H,26,27). The van der Waals surface area contributed by atoms with Crippen molar-refractivity contribution in [2.45, 2.75) is 39.8 Å². The Kier molecular flexibility index (Phi) is 5.06. The average molecular weight is 373 g/mol. The van der Waals surface area contributed by atoms with E-state index in [1.807, 2.05) is 24.8 Å². The predicted octanol–water partition coefficient (Wildman–Crippen LogP) is 2.65. The number of aromatic nitrogens is 1. The highest BCUT2D eigenvalue weighted by Crippen LogP contribution is 2.28. The van der Waals surface area contributed by atoms with Crippen LogP contribution in [0.5, 0.6) is 0 Å². The van der Waals surface area contributed by atoms with E-state index >= 15 is 0 Å². The number of fused-ring (bicyclic) bond motifs is 1. The Hall–Kier alpha value is -2.67. The van der Waals surface area contributed by atoms with Crippen LogP contribution in [0.2, 0.25) is 0 Å². The molecular weight excluding hydrogens is 349 g/mol. The Balaban J connectivity index is 2.31. The highest BCUT2D eigenvalue weighted by Gasteiger charge is 2.25. The molecule has 1 atom stereocenters. The topological polar surface area (TPSA) is 88.6 Å². The second-order valence-electron chi connectivity index (χ2n) is 7.30. The van der Waals surface area contributed by atoms with Crippen LogP contribution in [0.25, 0.3) is 10.9 Å². The van der Waals surface area contributed by atoms with Crippen molar-refractivity contribution < 1.29 is 14.3 Å². The third kappa shape index (κ3) is 3.47. The zero-order valence-electron chi connectivity index (χ0n) is 15.8. The molecule has 1 aromatic heterocycles. The molecule has 3 N–H and O–H groups in total. The lowest BCUT2D eigenvalue weighted by atomic mass is 10.1. The molecule has 0 spiro atoms. The fourth-order valence-corrected chi connectivity index (χ4v) is 3.58. The van der Waals surface area contributed by atoms with Crippen LogP contribution in [-0.4, -0.2) is 34.8 Å². The Morgan fingerprint density at radius 1 is 1.41 bits per heavy atom. The first-order chi connectivity index (χ1) is 12.7. The number of benzene rings is 1. The van der Waals surface area contributed by atoms with Crippen LogP contribution in [0.1, 0.15) is 36.3 Å². The van der Waals surface area contributed by atoms with E-state index in [-0.39, 0.29) is 17.0 Å². The maximum atomic E-state index is 14.8. The molecule has 1 unspecified atom stereocenters. The van der Waals surface area contributed by atoms with E-state index in [0.717, 1.165) is 18.1 Å². The number of rotatable bonds is 4. The number of carboxylic acid groups (broad SMARTS) is 1. The Morgan fingerprint density at radius 3 is 2.67 bits per heavy atom. The van der Waals surface area contributed by atoms with Gasteiger partial charge in [-0.25, -0.2) is 9.18 Å². The number of anilines is 1. The molecule has 2 aromatic rings. The van der Waals surface area contributed by atoms with E-state index in [1.54, 1.807) is 17.6 Å². The van der Waals surface area contributed by atoms with E-state index < -0.39 is 17.2 Å². The van der Waals surface area contributed by atoms with Crippen molar-refractivity contribution in [2.24, 2.45) is 5.73 Å². The van der Waals surface area contributed by atoms with Gasteiger partial charge in [-0.15, -0.1) is 0 Å². The molecule has 0 saturated carbocycles. The van der Waals surface area contributed by atoms with Crippen LogP contribution < -0.4 is 16.1 Å². The maximum absolute atomic E-state index is 14.8. The first-order valence-electron chi connectivity index (χ1n) is 8.94. The molecule has 1 aliphatic rings. The number of allylic oxidation sites excluding steroid dienone is 2. The number of aromatic carboxylic acids is 1. The summed E-state index contributed by atoms with van der Waals surface area (Å²) in [5.41, 5.74) is 7.30. The third-order valence-electron chi connectivity index (χ3n) is 5.06. The lowest BCUT2D eigenvalue weighted by Gasteiger charge is -2.22. The van der Waals surface area contributed by atoms with Gasteiger partial charge < -0.3 is 20.3 Å². The molecular formula is C20H24FN3O3. The molecule has 3 rings (SSSR count). The van der Waals surface area contributed by atoms with Gasteiger partial charge in [0, 0.05) is 36.8 Å². The van der Waals surface area contributed by atoms with E-state index in [1.165, 1.54) is 0 Å². The monoisotopic (exact) mass is 373 g/mol. The number of carboxylic acids is 1. The molecule has 2 heterocycles. The van der Waals surface area contributed by atoms with Gasteiger partial charge in [0.15, 0.2) is 0 Å². The number of carbonyl (C=O) groups is 1. The summed E-state index contributed by atoms with van der Waals surface area (Å²) in [4.78, 5) is 26.2. The lowest BCUT2D eigenvalue weighted by Crippen LogP contribution is -2.27. The summed E-state index contributed by atoms with van der Waals surface area (Å²) in [6, 6.07) is 2.78. The molecule has 27 heavy (non-hydrogen) atoms. The molecule has 0 radical (unpaired) electrons. The van der Waals surface area contributed by atoms with Crippen molar-refractivity contribution in [2.75, 3.05) is 18.0 Å². The number of halogens is 1. The minimum atomic E-state index is -1.31. The van der Waals surface area contributed by atoms with Crippen molar-refractivity contribution in [1.29, 1.82) is 0 Å². The minimum Gasteiger partial charge on any atom is -0.477 e. The van der Waals surface area contributed by atoms with Gasteiger partial charge in [0.2, 0.25) is 5.43 Å². The molecule has 6 nitrogen and oxygen atoms in total. The first-order valence-corrected chi connectivity index (χ1v) is 8.94. The zero-order chi connectivity index (χ0) is 19.9. The van der Waals surface area contributed by atoms with Gasteiger partial charge in [-0.3, -0.25) is 4.79 Å². The summed E-state index contributed by atoms with van der Waals surface area (Å²) in [6.45, 7) is 7.08. The van der Waals surface area contributed by atoms with Crippen molar-refractivity contribution in [3.05, 3.63) is 51.1 Å². The molecule has 1 aliphatic heterocycles. The molecule has 0 bridgehead atoms. The quantitative estimate of drug-likeness (QED) is 0.805. The molecule has 7 heteroatoms. The molecule has 0 aliphatic carbocycles. The average Bonchev–Trinajstić information content (AvgIpc) is 3.00. The zero-order valence-corrected chi connectivity index (χ0v) is 15.8. The third-order valence-corrected chi connectivity index (χ3v) is 5.06. The van der Waals surface area contributed by atoms with E-state index in [4.69, 9.17) is 5.73 Å². The van der Waals surface area contributed by atoms with Crippen LogP contribution >= 0.6 is 0 Å². The van der Waals surface area contributed by atoms with E-state index in [9.17, 15) is 19.1 Å². The Morgan fingerprint density at radius 2 is 2.11 bits per heavy atom. The van der Waals surface area contributed by atoms with Crippen LogP contribution in [0.15, 0.2) is 28.6 Å². The van der Waals surface area contributed by atoms with Crippen LogP contribution in [0.3, 0.4) is 0 Å². The number of nitrogens with zero attached hydrogens (tertiary/aromatic N) is 2. The summed E-state index contributed by atoms with van der Waals surface area (Å²) >= 11 is 0. The van der Waals surface area contributed by atoms with Gasteiger partial charge in [-0.05, 0) is 39.3 Å². The molecule has 144 valence electrons. The van der Waals surface area contributed by atoms with Gasteiger partial charge in [0.1, 0.15) is 11.4 Å². The van der Waals surface area contributed by atoms with E-state index in [2.05, 4.69) is 0 Å². The number of hydrogen-bond donors (Lipinski definition) is 2. The first kappa shape index (κ1) is 19.1. The van der Waals surface area contributed by atoms with Crippen LogP contribution in [0, 0.1) is 12.7 Å². The second-order valence-corrected chi connectivity index (χ2v) is 7.30. The largest absolute Gasteiger partial charge is 0.477 e. The summed E-state index contributed by atoms with van der Waals surface area (Å²) in [5, 5.41) is 9.56. The summed E-state index contributed by atoms with van der Waals surface area (Å²) in [6.07, 6.45) is 2.72. The predicted molar refractivity (Wildman–Crippen MR) is 104 cm³/mol. The van der Waals surface area contributed by atoms with Crippen LogP contribution in [-0.2, 0) is 6.54 Å². The normalized spacial score (nSPS) is 16.8. The maximum Gasteiger partial charge on any atom is 0.341 e. The number of hydrogen-bond acceptors (Lipinski definition) is 4. The van der Waals surface area contributed by atoms with Crippen molar-refractivity contribution in [1.82, 2.24) is 4.57 Å². The van der Waals surface area contributed by atoms with Crippen molar-refractivity contribution in [3.63, 3.8) is 0 Å². The van der Waals surface area contributed by atoms with Gasteiger partial charge >= 0.3 is 5.97 Å². The Bertz CT molecular complexity index is 1010. The second kappa shape index (κ2) is 7.15. The SMILES string of the molecule is CC(C)=CCn1c(C)c(C(=O)O)c(=O)c2cc(F)c(N3CCC(N)C3)cc21. The summed E-state index contributed by atoms with van der Waals surface area (Å²) < 4.78 is 16.5. The van der Waals surface area contributed by atoms with Crippen molar-refractivity contribution in [3.8, 4) is 0 Å². The summed E-state index contributed by atoms with van der Waals surface area (Å²) in [5.74, 6) is -1.84. The Labute approximate surface area is 156 Å². The molecule has 0 amide bonds.